The molecule has 0 atom stereocenters. The Kier molecular flexibility index (Phi) is 6.48. The number of nitrogens with zero attached hydrogens (tertiary/aromatic N) is 6. The van der Waals surface area contributed by atoms with Gasteiger partial charge in [0.1, 0.15) is 16.9 Å². The van der Waals surface area contributed by atoms with Gasteiger partial charge in [0.05, 0.1) is 5.69 Å². The first kappa shape index (κ1) is 24.7. The van der Waals surface area contributed by atoms with Crippen molar-refractivity contribution in [2.75, 3.05) is 32.7 Å². The van der Waals surface area contributed by atoms with Crippen LogP contribution in [0.15, 0.2) is 22.7 Å². The van der Waals surface area contributed by atoms with E-state index >= 15 is 0 Å². The van der Waals surface area contributed by atoms with Crippen molar-refractivity contribution in [1.82, 2.24) is 29.7 Å². The maximum Gasteiger partial charge on any atom is 0.410 e. The second-order valence-corrected chi connectivity index (χ2v) is 11.3. The minimum absolute atomic E-state index is 0.137. The molecule has 0 N–H and O–H groups in total. The summed E-state index contributed by atoms with van der Waals surface area (Å²) in [7, 11) is 0. The van der Waals surface area contributed by atoms with Crippen molar-refractivity contribution < 1.29 is 18.4 Å². The zero-order chi connectivity index (χ0) is 25.6. The van der Waals surface area contributed by atoms with Crippen LogP contribution in [0.4, 0.5) is 9.18 Å². The molecule has 2 aromatic heterocycles. The van der Waals surface area contributed by atoms with Crippen molar-refractivity contribution in [3.63, 3.8) is 0 Å². The number of hydrogen-bond acceptors (Lipinski definition) is 7. The van der Waals surface area contributed by atoms with Gasteiger partial charge in [-0.25, -0.2) is 9.18 Å². The van der Waals surface area contributed by atoms with Crippen LogP contribution in [-0.4, -0.2) is 74.1 Å². The van der Waals surface area contributed by atoms with Crippen LogP contribution in [0.3, 0.4) is 0 Å². The summed E-state index contributed by atoms with van der Waals surface area (Å²) in [6.07, 6.45) is 1.60. The molecule has 2 saturated heterocycles. The third-order valence-corrected chi connectivity index (χ3v) is 6.91. The Morgan fingerprint density at radius 3 is 2.61 bits per heavy atom. The molecule has 9 nitrogen and oxygen atoms in total. The average molecular weight is 499 g/mol. The normalized spacial score (nSPS) is 18.2. The highest BCUT2D eigenvalue weighted by molar-refractivity contribution is 5.84. The number of hydrogen-bond donors (Lipinski definition) is 0. The molecule has 194 valence electrons. The standard InChI is InChI=1S/C26H35FN6O3/c1-16(2)21-19-7-6-8-20(27)22(19)33(29-21)24-28-23(36-30-24)18-9-11-31(12-10-18)13-17-14-32(15-17)25(34)35-26(3,4)5/h6-8,16-18H,9-15H2,1-5H3. The van der Waals surface area contributed by atoms with Crippen LogP contribution in [0, 0.1) is 11.7 Å². The van der Waals surface area contributed by atoms with E-state index in [0.29, 0.717) is 17.3 Å². The highest BCUT2D eigenvalue weighted by Gasteiger charge is 2.36. The molecular weight excluding hydrogens is 463 g/mol. The Balaban J connectivity index is 1.18. The van der Waals surface area contributed by atoms with Crippen LogP contribution in [0.5, 0.6) is 0 Å². The molecule has 0 saturated carbocycles. The molecule has 0 unspecified atom stereocenters. The second-order valence-electron chi connectivity index (χ2n) is 11.3. The van der Waals surface area contributed by atoms with Gasteiger partial charge in [0, 0.05) is 36.9 Å². The van der Waals surface area contributed by atoms with Gasteiger partial charge >= 0.3 is 6.09 Å². The van der Waals surface area contributed by atoms with Crippen LogP contribution < -0.4 is 0 Å². The molecule has 4 heterocycles. The number of rotatable bonds is 5. The number of halogens is 1. The van der Waals surface area contributed by atoms with Crippen LogP contribution in [0.25, 0.3) is 16.9 Å². The lowest BCUT2D eigenvalue weighted by Crippen LogP contribution is -2.55. The first-order chi connectivity index (χ1) is 17.1. The summed E-state index contributed by atoms with van der Waals surface area (Å²) in [5.74, 6) is 1.27. The average Bonchev–Trinajstić information content (AvgIpc) is 3.41. The number of amides is 1. The molecule has 3 aromatic rings. The zero-order valence-electron chi connectivity index (χ0n) is 21.7. The van der Waals surface area contributed by atoms with Gasteiger partial charge in [-0.05, 0) is 63.8 Å². The number of para-hydroxylation sites is 1. The number of carbonyl (C=O) groups is 1. The smallest absolute Gasteiger partial charge is 0.410 e. The third kappa shape index (κ3) is 4.96. The summed E-state index contributed by atoms with van der Waals surface area (Å²) < 4.78 is 27.2. The Bertz CT molecular complexity index is 1230. The highest BCUT2D eigenvalue weighted by Crippen LogP contribution is 2.31. The van der Waals surface area contributed by atoms with Crippen LogP contribution in [-0.2, 0) is 4.74 Å². The number of likely N-dealkylation sites (tertiary alicyclic amines) is 2. The van der Waals surface area contributed by atoms with Crippen molar-refractivity contribution >= 4 is 17.0 Å². The van der Waals surface area contributed by atoms with Gasteiger partial charge in [-0.15, -0.1) is 0 Å². The van der Waals surface area contributed by atoms with Crippen molar-refractivity contribution in [3.8, 4) is 5.95 Å². The van der Waals surface area contributed by atoms with Crippen LogP contribution in [0.1, 0.15) is 70.9 Å². The molecule has 10 heteroatoms. The first-order valence-electron chi connectivity index (χ1n) is 12.8. The number of aromatic nitrogens is 4. The van der Waals surface area contributed by atoms with Crippen molar-refractivity contribution in [3.05, 3.63) is 35.6 Å². The summed E-state index contributed by atoms with van der Waals surface area (Å²) in [6, 6.07) is 5.00. The summed E-state index contributed by atoms with van der Waals surface area (Å²) >= 11 is 0. The van der Waals surface area contributed by atoms with Gasteiger partial charge in [-0.3, -0.25) is 0 Å². The summed E-state index contributed by atoms with van der Waals surface area (Å²) in [5.41, 5.74) is 0.725. The van der Waals surface area contributed by atoms with E-state index in [4.69, 9.17) is 9.26 Å². The lowest BCUT2D eigenvalue weighted by molar-refractivity contribution is -0.00767. The molecule has 2 aliphatic heterocycles. The number of fused-ring (bicyclic) bond motifs is 1. The fourth-order valence-electron chi connectivity index (χ4n) is 5.09. The van der Waals surface area contributed by atoms with Crippen molar-refractivity contribution in [2.24, 2.45) is 5.92 Å². The Labute approximate surface area is 210 Å². The molecule has 0 spiro atoms. The van der Waals surface area contributed by atoms with Gasteiger partial charge < -0.3 is 19.1 Å². The van der Waals surface area contributed by atoms with Gasteiger partial charge in [0.2, 0.25) is 5.89 Å². The fraction of sp³-hybridized carbons (Fsp3) is 0.615. The topological polar surface area (TPSA) is 89.5 Å². The third-order valence-electron chi connectivity index (χ3n) is 6.91. The van der Waals surface area contributed by atoms with Gasteiger partial charge in [0.15, 0.2) is 0 Å². The van der Waals surface area contributed by atoms with E-state index in [9.17, 15) is 9.18 Å². The number of piperidine rings is 1. The maximum absolute atomic E-state index is 14.7. The predicted octanol–water partition coefficient (Wildman–Crippen LogP) is 4.72. The first-order valence-corrected chi connectivity index (χ1v) is 12.8. The second kappa shape index (κ2) is 9.46. The van der Waals surface area contributed by atoms with Crippen LogP contribution >= 0.6 is 0 Å². The van der Waals surface area contributed by atoms with Gasteiger partial charge in [-0.2, -0.15) is 14.8 Å². The Hall–Kier alpha value is -3.01. The van der Waals surface area contributed by atoms with Gasteiger partial charge in [-0.1, -0.05) is 26.0 Å². The molecule has 0 radical (unpaired) electrons. The summed E-state index contributed by atoms with van der Waals surface area (Å²) in [6.45, 7) is 14.0. The lowest BCUT2D eigenvalue weighted by Gasteiger charge is -2.43. The number of ether oxygens (including phenoxy) is 1. The van der Waals surface area contributed by atoms with Gasteiger partial charge in [0.25, 0.3) is 5.95 Å². The fourth-order valence-corrected chi connectivity index (χ4v) is 5.09. The van der Waals surface area contributed by atoms with E-state index in [0.717, 1.165) is 56.6 Å². The van der Waals surface area contributed by atoms with E-state index < -0.39 is 5.60 Å². The molecular formula is C26H35FN6O3. The lowest BCUT2D eigenvalue weighted by atomic mass is 9.94. The largest absolute Gasteiger partial charge is 0.444 e. The summed E-state index contributed by atoms with van der Waals surface area (Å²) in [5, 5.41) is 9.54. The molecule has 5 rings (SSSR count). The van der Waals surface area contributed by atoms with Crippen LogP contribution in [0.2, 0.25) is 0 Å². The van der Waals surface area contributed by atoms with E-state index in [1.54, 1.807) is 11.0 Å². The molecule has 2 fully saturated rings. The molecule has 0 bridgehead atoms. The quantitative estimate of drug-likeness (QED) is 0.503. The molecule has 1 amide bonds. The maximum atomic E-state index is 14.7. The van der Waals surface area contributed by atoms with E-state index in [1.807, 2.05) is 40.7 Å². The van der Waals surface area contributed by atoms with E-state index in [-0.39, 0.29) is 29.7 Å². The zero-order valence-corrected chi connectivity index (χ0v) is 21.7. The highest BCUT2D eigenvalue weighted by atomic mass is 19.1. The minimum Gasteiger partial charge on any atom is -0.444 e. The molecule has 0 aliphatic carbocycles. The number of benzene rings is 1. The predicted molar refractivity (Wildman–Crippen MR) is 133 cm³/mol. The molecule has 36 heavy (non-hydrogen) atoms. The van der Waals surface area contributed by atoms with E-state index in [1.165, 1.54) is 10.7 Å². The molecule has 2 aliphatic rings. The summed E-state index contributed by atoms with van der Waals surface area (Å²) in [4.78, 5) is 21.0. The SMILES string of the molecule is CC(C)c1nn(-c2noc(C3CCN(CC4CN(C(=O)OC(C)(C)C)C4)CC3)n2)c2c(F)cccc12. The minimum atomic E-state index is -0.464. The van der Waals surface area contributed by atoms with Crippen molar-refractivity contribution in [2.45, 2.75) is 64.9 Å². The monoisotopic (exact) mass is 498 g/mol. The Morgan fingerprint density at radius 2 is 1.94 bits per heavy atom. The molecule has 1 aromatic carbocycles. The van der Waals surface area contributed by atoms with E-state index in [2.05, 4.69) is 20.1 Å². The number of carbonyl (C=O) groups excluding carboxylic acids is 1. The Morgan fingerprint density at radius 1 is 1.22 bits per heavy atom. The van der Waals surface area contributed by atoms with Crippen molar-refractivity contribution in [1.29, 1.82) is 0 Å².